The Kier molecular flexibility index (Phi) is 5.27. The molecule has 1 heterocycles. The molecule has 6 nitrogen and oxygen atoms in total. The van der Waals surface area contributed by atoms with E-state index in [1.165, 1.54) is 5.51 Å². The SMILES string of the molecule is CC(C)NCc1cccc(CS(=O)(=O)Nc2nncs2)c1. The first-order valence-corrected chi connectivity index (χ1v) is 9.06. The zero-order chi connectivity index (χ0) is 15.3. The van der Waals surface area contributed by atoms with Crippen molar-refractivity contribution in [2.45, 2.75) is 32.2 Å². The molecule has 0 saturated heterocycles. The van der Waals surface area contributed by atoms with Crippen LogP contribution in [0, 0.1) is 0 Å². The molecule has 2 aromatic rings. The van der Waals surface area contributed by atoms with E-state index in [0.29, 0.717) is 6.04 Å². The van der Waals surface area contributed by atoms with Crippen molar-refractivity contribution < 1.29 is 8.42 Å². The lowest BCUT2D eigenvalue weighted by atomic mass is 10.1. The zero-order valence-electron chi connectivity index (χ0n) is 11.9. The van der Waals surface area contributed by atoms with Crippen molar-refractivity contribution in [3.63, 3.8) is 0 Å². The van der Waals surface area contributed by atoms with E-state index in [1.807, 2.05) is 18.2 Å². The highest BCUT2D eigenvalue weighted by Crippen LogP contribution is 2.14. The van der Waals surface area contributed by atoms with Gasteiger partial charge in [0, 0.05) is 12.6 Å². The van der Waals surface area contributed by atoms with E-state index in [4.69, 9.17) is 0 Å². The van der Waals surface area contributed by atoms with E-state index in [9.17, 15) is 8.42 Å². The van der Waals surface area contributed by atoms with Gasteiger partial charge in [0.25, 0.3) is 0 Å². The molecule has 2 rings (SSSR count). The molecule has 0 saturated carbocycles. The van der Waals surface area contributed by atoms with Crippen LogP contribution in [-0.2, 0) is 22.3 Å². The second-order valence-corrected chi connectivity index (χ2v) is 7.52. The molecule has 114 valence electrons. The summed E-state index contributed by atoms with van der Waals surface area (Å²) in [6.07, 6.45) is 0. The molecule has 1 aromatic carbocycles. The van der Waals surface area contributed by atoms with Crippen LogP contribution in [0.3, 0.4) is 0 Å². The average Bonchev–Trinajstić information content (AvgIpc) is 2.88. The van der Waals surface area contributed by atoms with Crippen molar-refractivity contribution in [3.8, 4) is 0 Å². The van der Waals surface area contributed by atoms with Gasteiger partial charge in [0.2, 0.25) is 15.2 Å². The van der Waals surface area contributed by atoms with Gasteiger partial charge in [-0.25, -0.2) is 8.42 Å². The molecule has 0 aliphatic heterocycles. The molecule has 8 heteroatoms. The van der Waals surface area contributed by atoms with Crippen LogP contribution in [0.5, 0.6) is 0 Å². The topological polar surface area (TPSA) is 84.0 Å². The maximum absolute atomic E-state index is 12.1. The lowest BCUT2D eigenvalue weighted by Gasteiger charge is -2.10. The Hall–Kier alpha value is -1.51. The lowest BCUT2D eigenvalue weighted by molar-refractivity contribution is 0.588. The monoisotopic (exact) mass is 326 g/mol. The fourth-order valence-electron chi connectivity index (χ4n) is 1.76. The molecule has 0 fully saturated rings. The van der Waals surface area contributed by atoms with Gasteiger partial charge >= 0.3 is 0 Å². The van der Waals surface area contributed by atoms with Gasteiger partial charge in [-0.15, -0.1) is 10.2 Å². The van der Waals surface area contributed by atoms with Crippen molar-refractivity contribution in [2.75, 3.05) is 4.72 Å². The molecule has 0 amide bonds. The average molecular weight is 326 g/mol. The Bertz CT molecular complexity index is 669. The summed E-state index contributed by atoms with van der Waals surface area (Å²) < 4.78 is 26.5. The molecule has 2 N–H and O–H groups in total. The number of aromatic nitrogens is 2. The van der Waals surface area contributed by atoms with Crippen LogP contribution < -0.4 is 10.0 Å². The molecule has 0 spiro atoms. The molecule has 0 atom stereocenters. The summed E-state index contributed by atoms with van der Waals surface area (Å²) in [5, 5.41) is 10.9. The fraction of sp³-hybridized carbons (Fsp3) is 0.385. The summed E-state index contributed by atoms with van der Waals surface area (Å²) in [5.74, 6) is -0.0813. The van der Waals surface area contributed by atoms with Crippen LogP contribution in [0.15, 0.2) is 29.8 Å². The standard InChI is InChI=1S/C13H18N4O2S2/c1-10(2)14-7-11-4-3-5-12(6-11)8-21(18,19)17-13-16-15-9-20-13/h3-6,9-10,14H,7-8H2,1-2H3,(H,16,17). The number of anilines is 1. The number of nitrogens with zero attached hydrogens (tertiary/aromatic N) is 2. The number of sulfonamides is 1. The van der Waals surface area contributed by atoms with E-state index in [1.54, 1.807) is 6.07 Å². The summed E-state index contributed by atoms with van der Waals surface area (Å²) in [6.45, 7) is 4.86. The van der Waals surface area contributed by atoms with E-state index < -0.39 is 10.0 Å². The van der Waals surface area contributed by atoms with Crippen molar-refractivity contribution >= 4 is 26.5 Å². The smallest absolute Gasteiger partial charge is 0.238 e. The van der Waals surface area contributed by atoms with Crippen LogP contribution in [0.1, 0.15) is 25.0 Å². The van der Waals surface area contributed by atoms with Crippen LogP contribution in [0.25, 0.3) is 0 Å². The Morgan fingerprint density at radius 1 is 1.29 bits per heavy atom. The fourth-order valence-corrected chi connectivity index (χ4v) is 3.62. The largest absolute Gasteiger partial charge is 0.310 e. The van der Waals surface area contributed by atoms with Crippen molar-refractivity contribution in [2.24, 2.45) is 0 Å². The molecule has 0 bridgehead atoms. The zero-order valence-corrected chi connectivity index (χ0v) is 13.5. The van der Waals surface area contributed by atoms with Crippen molar-refractivity contribution in [3.05, 3.63) is 40.9 Å². The van der Waals surface area contributed by atoms with E-state index in [2.05, 4.69) is 34.1 Å². The summed E-state index contributed by atoms with van der Waals surface area (Å²) in [6, 6.07) is 7.93. The van der Waals surface area contributed by atoms with Gasteiger partial charge in [0.05, 0.1) is 5.75 Å². The first-order chi connectivity index (χ1) is 9.94. The molecular formula is C13H18N4O2S2. The van der Waals surface area contributed by atoms with Gasteiger partial charge in [-0.3, -0.25) is 4.72 Å². The maximum Gasteiger partial charge on any atom is 0.238 e. The van der Waals surface area contributed by atoms with Gasteiger partial charge in [0.1, 0.15) is 5.51 Å². The molecule has 0 unspecified atom stereocenters. The third kappa shape index (κ3) is 5.41. The highest BCUT2D eigenvalue weighted by Gasteiger charge is 2.13. The lowest BCUT2D eigenvalue weighted by Crippen LogP contribution is -2.22. The minimum Gasteiger partial charge on any atom is -0.310 e. The normalized spacial score (nSPS) is 11.8. The van der Waals surface area contributed by atoms with Crippen LogP contribution in [0.4, 0.5) is 5.13 Å². The number of rotatable bonds is 7. The third-order valence-electron chi connectivity index (χ3n) is 2.67. The minimum absolute atomic E-state index is 0.0813. The van der Waals surface area contributed by atoms with E-state index in [-0.39, 0.29) is 10.9 Å². The third-order valence-corrected chi connectivity index (χ3v) is 4.62. The Labute approximate surface area is 128 Å². The first-order valence-electron chi connectivity index (χ1n) is 6.52. The first kappa shape index (κ1) is 15.9. The summed E-state index contributed by atoms with van der Waals surface area (Å²) in [5.41, 5.74) is 3.29. The maximum atomic E-state index is 12.1. The second-order valence-electron chi connectivity index (χ2n) is 4.96. The molecule has 21 heavy (non-hydrogen) atoms. The highest BCUT2D eigenvalue weighted by atomic mass is 32.2. The number of hydrogen-bond donors (Lipinski definition) is 2. The Morgan fingerprint density at radius 2 is 2.05 bits per heavy atom. The number of nitrogens with one attached hydrogen (secondary N) is 2. The number of benzene rings is 1. The van der Waals surface area contributed by atoms with Crippen molar-refractivity contribution in [1.29, 1.82) is 0 Å². The van der Waals surface area contributed by atoms with Crippen LogP contribution in [0.2, 0.25) is 0 Å². The van der Waals surface area contributed by atoms with Gasteiger partial charge < -0.3 is 5.32 Å². The van der Waals surface area contributed by atoms with E-state index >= 15 is 0 Å². The second kappa shape index (κ2) is 6.97. The molecule has 0 radical (unpaired) electrons. The molecule has 1 aromatic heterocycles. The van der Waals surface area contributed by atoms with Crippen LogP contribution in [-0.4, -0.2) is 24.7 Å². The van der Waals surface area contributed by atoms with Gasteiger partial charge in [-0.1, -0.05) is 49.4 Å². The van der Waals surface area contributed by atoms with E-state index in [0.717, 1.165) is 29.0 Å². The van der Waals surface area contributed by atoms with Gasteiger partial charge in [-0.2, -0.15) is 0 Å². The van der Waals surface area contributed by atoms with Crippen molar-refractivity contribution in [1.82, 2.24) is 15.5 Å². The quantitative estimate of drug-likeness (QED) is 0.813. The summed E-state index contributed by atoms with van der Waals surface area (Å²) >= 11 is 1.15. The minimum atomic E-state index is -3.47. The Balaban J connectivity index is 2.03. The van der Waals surface area contributed by atoms with Gasteiger partial charge in [-0.05, 0) is 11.1 Å². The Morgan fingerprint density at radius 3 is 2.71 bits per heavy atom. The summed E-state index contributed by atoms with van der Waals surface area (Å²) in [4.78, 5) is 0. The molecule has 0 aliphatic carbocycles. The van der Waals surface area contributed by atoms with Crippen LogP contribution >= 0.6 is 11.3 Å². The predicted molar refractivity (Wildman–Crippen MR) is 84.6 cm³/mol. The van der Waals surface area contributed by atoms with Gasteiger partial charge in [0.15, 0.2) is 0 Å². The molecule has 0 aliphatic rings. The summed E-state index contributed by atoms with van der Waals surface area (Å²) in [7, 11) is -3.47. The highest BCUT2D eigenvalue weighted by molar-refractivity contribution is 7.92. The number of hydrogen-bond acceptors (Lipinski definition) is 6. The molecular weight excluding hydrogens is 308 g/mol. The predicted octanol–water partition coefficient (Wildman–Crippen LogP) is 1.98.